The summed E-state index contributed by atoms with van der Waals surface area (Å²) in [5.74, 6) is -0.545. The molecule has 1 unspecified atom stereocenters. The Bertz CT molecular complexity index is 910. The van der Waals surface area contributed by atoms with Crippen molar-refractivity contribution in [1.29, 1.82) is 0 Å². The minimum Gasteiger partial charge on any atom is -0.468 e. The molecule has 2 heterocycles. The summed E-state index contributed by atoms with van der Waals surface area (Å²) in [5, 5.41) is 0. The summed E-state index contributed by atoms with van der Waals surface area (Å²) in [5.41, 5.74) is 3.23. The zero-order valence-corrected chi connectivity index (χ0v) is 17.1. The molecule has 1 atom stereocenters. The molecule has 0 aliphatic carbocycles. The van der Waals surface area contributed by atoms with Crippen molar-refractivity contribution in [2.75, 3.05) is 44.7 Å². The number of anilines is 1. The van der Waals surface area contributed by atoms with Gasteiger partial charge in [-0.25, -0.2) is 4.39 Å². The van der Waals surface area contributed by atoms with Gasteiger partial charge >= 0.3 is 5.97 Å². The zero-order valence-electron chi connectivity index (χ0n) is 17.1. The molecule has 0 bridgehead atoms. The average Bonchev–Trinajstić information content (AvgIpc) is 2.78. The van der Waals surface area contributed by atoms with Crippen LogP contribution in [0.2, 0.25) is 0 Å². The van der Waals surface area contributed by atoms with E-state index in [1.807, 2.05) is 34.1 Å². The minimum atomic E-state index is -0.450. The van der Waals surface area contributed by atoms with Gasteiger partial charge in [-0.3, -0.25) is 14.5 Å². The number of nitrogens with zero attached hydrogens (tertiary/aromatic N) is 3. The number of methoxy groups -OCH3 is 1. The van der Waals surface area contributed by atoms with Crippen LogP contribution in [0.15, 0.2) is 48.5 Å². The van der Waals surface area contributed by atoms with E-state index in [1.165, 1.54) is 19.2 Å². The first-order chi connectivity index (χ1) is 14.5. The third-order valence-electron chi connectivity index (χ3n) is 5.98. The molecule has 30 heavy (non-hydrogen) atoms. The summed E-state index contributed by atoms with van der Waals surface area (Å²) in [6.07, 6.45) is 0.550. The van der Waals surface area contributed by atoms with Crippen molar-refractivity contribution in [2.24, 2.45) is 0 Å². The summed E-state index contributed by atoms with van der Waals surface area (Å²) in [6.45, 7) is 3.33. The van der Waals surface area contributed by atoms with Crippen LogP contribution < -0.4 is 4.90 Å². The number of carbonyl (C=O) groups is 2. The second-order valence-electron chi connectivity index (χ2n) is 7.76. The van der Waals surface area contributed by atoms with Crippen molar-refractivity contribution in [3.8, 4) is 0 Å². The van der Waals surface area contributed by atoms with Crippen LogP contribution in [0.5, 0.6) is 0 Å². The first-order valence-electron chi connectivity index (χ1n) is 10.2. The van der Waals surface area contributed by atoms with Gasteiger partial charge in [0.1, 0.15) is 11.9 Å². The summed E-state index contributed by atoms with van der Waals surface area (Å²) in [6, 6.07) is 14.0. The Balaban J connectivity index is 1.39. The molecule has 2 aliphatic rings. The van der Waals surface area contributed by atoms with Gasteiger partial charge in [-0.05, 0) is 41.8 Å². The first-order valence-corrected chi connectivity index (χ1v) is 10.2. The van der Waals surface area contributed by atoms with Gasteiger partial charge in [0.05, 0.1) is 13.7 Å². The lowest BCUT2D eigenvalue weighted by molar-refractivity contribution is -0.149. The quantitative estimate of drug-likeness (QED) is 0.721. The van der Waals surface area contributed by atoms with Gasteiger partial charge in [-0.2, -0.15) is 0 Å². The maximum absolute atomic E-state index is 13.1. The molecular formula is C23H26FN3O3. The minimum absolute atomic E-state index is 0.0158. The van der Waals surface area contributed by atoms with Crippen LogP contribution in [-0.4, -0.2) is 67.6 Å². The van der Waals surface area contributed by atoms with Crippen molar-refractivity contribution in [1.82, 2.24) is 9.80 Å². The number of hydrogen-bond acceptors (Lipinski definition) is 5. The summed E-state index contributed by atoms with van der Waals surface area (Å²) in [7, 11) is 1.39. The van der Waals surface area contributed by atoms with E-state index in [2.05, 4.69) is 4.90 Å². The largest absolute Gasteiger partial charge is 0.468 e. The third kappa shape index (κ3) is 4.31. The van der Waals surface area contributed by atoms with E-state index in [0.29, 0.717) is 39.1 Å². The number of carbonyl (C=O) groups excluding carboxylic acids is 2. The van der Waals surface area contributed by atoms with Crippen molar-refractivity contribution in [3.63, 3.8) is 0 Å². The summed E-state index contributed by atoms with van der Waals surface area (Å²) >= 11 is 0. The Hall–Kier alpha value is -2.93. The summed E-state index contributed by atoms with van der Waals surface area (Å²) in [4.78, 5) is 31.2. The maximum atomic E-state index is 13.1. The Morgan fingerprint density at radius 3 is 2.33 bits per heavy atom. The third-order valence-corrected chi connectivity index (χ3v) is 5.98. The smallest absolute Gasteiger partial charge is 0.323 e. The average molecular weight is 411 g/mol. The van der Waals surface area contributed by atoms with Gasteiger partial charge in [0.25, 0.3) is 0 Å². The molecule has 2 aliphatic heterocycles. The fraction of sp³-hybridized carbons (Fsp3) is 0.391. The van der Waals surface area contributed by atoms with Crippen LogP contribution >= 0.6 is 0 Å². The Kier molecular flexibility index (Phi) is 5.99. The first kappa shape index (κ1) is 20.3. The van der Waals surface area contributed by atoms with Crippen LogP contribution in [0.4, 0.5) is 10.1 Å². The number of halogens is 1. The lowest BCUT2D eigenvalue weighted by Gasteiger charge is -2.39. The van der Waals surface area contributed by atoms with Crippen molar-refractivity contribution < 1.29 is 18.7 Å². The number of rotatable bonds is 4. The monoisotopic (exact) mass is 411 g/mol. The van der Waals surface area contributed by atoms with E-state index in [9.17, 15) is 14.0 Å². The number of benzene rings is 2. The van der Waals surface area contributed by atoms with Crippen LogP contribution in [0.3, 0.4) is 0 Å². The normalized spacial score (nSPS) is 19.3. The molecule has 158 valence electrons. The van der Waals surface area contributed by atoms with Gasteiger partial charge in [0, 0.05) is 38.4 Å². The van der Waals surface area contributed by atoms with Crippen LogP contribution in [0.1, 0.15) is 11.1 Å². The molecule has 0 aromatic heterocycles. The number of amides is 1. The molecule has 0 spiro atoms. The van der Waals surface area contributed by atoms with Crippen molar-refractivity contribution in [2.45, 2.75) is 19.0 Å². The van der Waals surface area contributed by atoms with Gasteiger partial charge in [0.15, 0.2) is 0 Å². The summed E-state index contributed by atoms with van der Waals surface area (Å²) < 4.78 is 18.1. The number of piperazine rings is 1. The van der Waals surface area contributed by atoms with Crippen LogP contribution in [0.25, 0.3) is 0 Å². The molecule has 1 amide bonds. The van der Waals surface area contributed by atoms with Crippen molar-refractivity contribution >= 4 is 17.6 Å². The highest BCUT2D eigenvalue weighted by molar-refractivity contribution is 5.81. The van der Waals surface area contributed by atoms with E-state index in [4.69, 9.17) is 4.74 Å². The predicted molar refractivity (Wildman–Crippen MR) is 112 cm³/mol. The number of esters is 1. The zero-order chi connectivity index (χ0) is 21.1. The fourth-order valence-electron chi connectivity index (χ4n) is 4.25. The molecule has 2 aromatic rings. The standard InChI is InChI=1S/C23H26FN3O3/c1-30-23(29)21-14-17-4-2-3-5-18(17)15-27(21)16-22(28)26-12-10-25(11-13-26)20-8-6-19(24)7-9-20/h2-9,21H,10-16H2,1H3. The predicted octanol–water partition coefficient (Wildman–Crippen LogP) is 2.07. The van der Waals surface area contributed by atoms with E-state index < -0.39 is 6.04 Å². The molecule has 0 radical (unpaired) electrons. The van der Waals surface area contributed by atoms with Crippen molar-refractivity contribution in [3.05, 3.63) is 65.5 Å². The highest BCUT2D eigenvalue weighted by Gasteiger charge is 2.34. The van der Waals surface area contributed by atoms with Crippen LogP contribution in [0, 0.1) is 5.82 Å². The number of hydrogen-bond donors (Lipinski definition) is 0. The second kappa shape index (κ2) is 8.83. The van der Waals surface area contributed by atoms with E-state index in [-0.39, 0.29) is 24.2 Å². The fourth-order valence-corrected chi connectivity index (χ4v) is 4.25. The lowest BCUT2D eigenvalue weighted by atomic mass is 9.94. The highest BCUT2D eigenvalue weighted by Crippen LogP contribution is 2.24. The molecule has 6 nitrogen and oxygen atoms in total. The molecule has 2 aromatic carbocycles. The molecule has 1 saturated heterocycles. The van der Waals surface area contributed by atoms with Gasteiger partial charge < -0.3 is 14.5 Å². The maximum Gasteiger partial charge on any atom is 0.323 e. The molecule has 0 N–H and O–H groups in total. The van der Waals surface area contributed by atoms with Gasteiger partial charge in [-0.1, -0.05) is 24.3 Å². The van der Waals surface area contributed by atoms with Gasteiger partial charge in [-0.15, -0.1) is 0 Å². The molecule has 1 fully saturated rings. The SMILES string of the molecule is COC(=O)C1Cc2ccccc2CN1CC(=O)N1CCN(c2ccc(F)cc2)CC1. The molecule has 7 heteroatoms. The topological polar surface area (TPSA) is 53.1 Å². The Morgan fingerprint density at radius 1 is 1.00 bits per heavy atom. The Morgan fingerprint density at radius 2 is 1.67 bits per heavy atom. The molecular weight excluding hydrogens is 385 g/mol. The van der Waals surface area contributed by atoms with Gasteiger partial charge in [0.2, 0.25) is 5.91 Å². The number of fused-ring (bicyclic) bond motifs is 1. The molecule has 0 saturated carbocycles. The highest BCUT2D eigenvalue weighted by atomic mass is 19.1. The Labute approximate surface area is 175 Å². The second-order valence-corrected chi connectivity index (χ2v) is 7.76. The number of ether oxygens (including phenoxy) is 1. The van der Waals surface area contributed by atoms with E-state index in [1.54, 1.807) is 12.1 Å². The van der Waals surface area contributed by atoms with E-state index in [0.717, 1.165) is 16.8 Å². The van der Waals surface area contributed by atoms with Crippen LogP contribution in [-0.2, 0) is 27.3 Å². The lowest BCUT2D eigenvalue weighted by Crippen LogP contribution is -2.54. The molecule has 4 rings (SSSR count). The van der Waals surface area contributed by atoms with E-state index >= 15 is 0 Å².